The van der Waals surface area contributed by atoms with Gasteiger partial charge in [0, 0.05) is 0 Å². The van der Waals surface area contributed by atoms with Gasteiger partial charge in [0.15, 0.2) is 0 Å². The molecule has 43 heavy (non-hydrogen) atoms. The van der Waals surface area contributed by atoms with E-state index in [4.69, 9.17) is 0 Å². The maximum absolute atomic E-state index is 2.50. The molecule has 0 radical (unpaired) electrons. The van der Waals surface area contributed by atoms with Gasteiger partial charge in [0.2, 0.25) is 0 Å². The molecule has 0 saturated heterocycles. The van der Waals surface area contributed by atoms with Crippen LogP contribution in [0.2, 0.25) is 0 Å². The Labute approximate surface area is 272 Å². The standard InChI is InChI=1S/C35H39P2.C5H5.Fe/c1-25(37(34(2,3)4)35(5,6)7)28-21-14-24-31(28)36(32-22-12-17-26-15-8-10-19-29(26)32)33-23-13-18-27-16-9-11-20-30(27)33;1-2-4-5-3-1;/h8-25H,1-7H3;1-5H;/q2*-1;+2/t25-;;/m1../s1. The molecule has 0 amide bonds. The van der Waals surface area contributed by atoms with Gasteiger partial charge in [-0.15, -0.1) is 18.8 Å². The predicted octanol–water partition coefficient (Wildman–Crippen LogP) is 11.0. The largest absolute Gasteiger partial charge is 2.00 e. The van der Waals surface area contributed by atoms with Crippen LogP contribution in [-0.2, 0) is 17.1 Å². The molecule has 0 aromatic heterocycles. The normalized spacial score (nSPS) is 12.7. The van der Waals surface area contributed by atoms with Crippen molar-refractivity contribution in [1.29, 1.82) is 0 Å². The average Bonchev–Trinajstić information content (AvgIpc) is 3.68. The third-order valence-electron chi connectivity index (χ3n) is 7.92. The molecule has 0 spiro atoms. The van der Waals surface area contributed by atoms with Crippen molar-refractivity contribution in [2.45, 2.75) is 64.4 Å². The molecular formula is C40H44FeP2. The first kappa shape index (κ1) is 33.4. The zero-order valence-electron chi connectivity index (χ0n) is 26.5. The monoisotopic (exact) mass is 642 g/mol. The van der Waals surface area contributed by atoms with Crippen molar-refractivity contribution < 1.29 is 17.1 Å². The van der Waals surface area contributed by atoms with E-state index in [0.717, 1.165) is 0 Å². The van der Waals surface area contributed by atoms with Crippen molar-refractivity contribution in [3.05, 3.63) is 139 Å². The molecule has 0 heterocycles. The maximum Gasteiger partial charge on any atom is 2.00 e. The van der Waals surface area contributed by atoms with E-state index in [-0.39, 0.29) is 35.3 Å². The Bertz CT molecular complexity index is 1610. The summed E-state index contributed by atoms with van der Waals surface area (Å²) in [5.41, 5.74) is 2.05. The van der Waals surface area contributed by atoms with Crippen LogP contribution in [-0.4, -0.2) is 10.3 Å². The van der Waals surface area contributed by atoms with Gasteiger partial charge in [0.05, 0.1) is 0 Å². The van der Waals surface area contributed by atoms with Crippen molar-refractivity contribution >= 4 is 53.3 Å². The van der Waals surface area contributed by atoms with Crippen molar-refractivity contribution in [2.24, 2.45) is 0 Å². The van der Waals surface area contributed by atoms with E-state index in [1.807, 2.05) is 30.3 Å². The summed E-state index contributed by atoms with van der Waals surface area (Å²) in [6.07, 6.45) is 0. The molecule has 0 nitrogen and oxygen atoms in total. The van der Waals surface area contributed by atoms with Crippen LogP contribution in [0.5, 0.6) is 0 Å². The minimum Gasteiger partial charge on any atom is -0.214 e. The fraction of sp³-hybridized carbons (Fsp3) is 0.250. The van der Waals surface area contributed by atoms with Crippen LogP contribution < -0.4 is 15.9 Å². The molecular weight excluding hydrogens is 598 g/mol. The van der Waals surface area contributed by atoms with E-state index in [1.165, 1.54) is 37.5 Å². The first-order valence-corrected chi connectivity index (χ1v) is 17.8. The maximum atomic E-state index is 2.50. The minimum absolute atomic E-state index is 0. The molecule has 6 aromatic carbocycles. The molecule has 0 N–H and O–H groups in total. The number of rotatable bonds is 5. The zero-order chi connectivity index (χ0) is 29.9. The molecule has 0 aliphatic rings. The molecule has 0 fully saturated rings. The van der Waals surface area contributed by atoms with Gasteiger partial charge in [0.25, 0.3) is 0 Å². The van der Waals surface area contributed by atoms with Gasteiger partial charge in [-0.25, -0.2) is 24.3 Å². The molecule has 222 valence electrons. The number of hydrogen-bond donors (Lipinski definition) is 0. The fourth-order valence-electron chi connectivity index (χ4n) is 6.81. The van der Waals surface area contributed by atoms with Crippen LogP contribution in [0.3, 0.4) is 0 Å². The third-order valence-corrected chi connectivity index (χ3v) is 14.5. The van der Waals surface area contributed by atoms with E-state index in [0.29, 0.717) is 5.66 Å². The summed E-state index contributed by atoms with van der Waals surface area (Å²) in [5, 5.41) is 10.4. The molecule has 3 heteroatoms. The van der Waals surface area contributed by atoms with Gasteiger partial charge in [-0.3, -0.25) is 0 Å². The molecule has 0 saturated carbocycles. The van der Waals surface area contributed by atoms with E-state index < -0.39 is 7.92 Å². The van der Waals surface area contributed by atoms with Gasteiger partial charge >= 0.3 is 17.1 Å². The summed E-state index contributed by atoms with van der Waals surface area (Å²) in [7, 11) is -1.04. The minimum atomic E-state index is -0.748. The molecule has 0 aliphatic heterocycles. The van der Waals surface area contributed by atoms with Crippen LogP contribution in [0, 0.1) is 0 Å². The average molecular weight is 643 g/mol. The van der Waals surface area contributed by atoms with Crippen LogP contribution in [0.25, 0.3) is 21.5 Å². The van der Waals surface area contributed by atoms with Crippen LogP contribution >= 0.6 is 15.8 Å². The van der Waals surface area contributed by atoms with Crippen molar-refractivity contribution in [3.8, 4) is 0 Å². The number of fused-ring (bicyclic) bond motifs is 2. The molecule has 0 unspecified atom stereocenters. The van der Waals surface area contributed by atoms with E-state index in [9.17, 15) is 0 Å². The number of hydrogen-bond acceptors (Lipinski definition) is 0. The van der Waals surface area contributed by atoms with Crippen LogP contribution in [0.15, 0.2) is 133 Å². The Kier molecular flexibility index (Phi) is 10.9. The van der Waals surface area contributed by atoms with Gasteiger partial charge in [-0.1, -0.05) is 133 Å². The van der Waals surface area contributed by atoms with E-state index in [1.54, 1.807) is 5.56 Å². The quantitative estimate of drug-likeness (QED) is 0.0997. The van der Waals surface area contributed by atoms with Gasteiger partial charge < -0.3 is 0 Å². The van der Waals surface area contributed by atoms with E-state index >= 15 is 0 Å². The summed E-state index contributed by atoms with van der Waals surface area (Å²) in [4.78, 5) is 0. The Morgan fingerprint density at radius 2 is 1.05 bits per heavy atom. The molecule has 0 bridgehead atoms. The smallest absolute Gasteiger partial charge is 0.214 e. The molecule has 0 aliphatic carbocycles. The summed E-state index contributed by atoms with van der Waals surface area (Å²) < 4.78 is 0. The summed E-state index contributed by atoms with van der Waals surface area (Å²) in [5.74, 6) is 0. The first-order valence-electron chi connectivity index (χ1n) is 15.0. The molecule has 6 rings (SSSR count). The second-order valence-corrected chi connectivity index (χ2v) is 19.4. The van der Waals surface area contributed by atoms with Gasteiger partial charge in [0.1, 0.15) is 0 Å². The van der Waals surface area contributed by atoms with Crippen LogP contribution in [0.1, 0.15) is 59.7 Å². The zero-order valence-corrected chi connectivity index (χ0v) is 29.4. The summed E-state index contributed by atoms with van der Waals surface area (Å²) in [6.45, 7) is 17.2. The predicted molar refractivity (Wildman–Crippen MR) is 193 cm³/mol. The van der Waals surface area contributed by atoms with Crippen molar-refractivity contribution in [2.75, 3.05) is 0 Å². The third kappa shape index (κ3) is 7.42. The number of benzene rings is 4. The summed E-state index contributed by atoms with van der Waals surface area (Å²) in [6, 6.07) is 48.8. The summed E-state index contributed by atoms with van der Waals surface area (Å²) >= 11 is 0. The Morgan fingerprint density at radius 3 is 1.49 bits per heavy atom. The van der Waals surface area contributed by atoms with Crippen LogP contribution in [0.4, 0.5) is 0 Å². The van der Waals surface area contributed by atoms with E-state index in [2.05, 4.69) is 152 Å². The molecule has 1 atom stereocenters. The fourth-order valence-corrected chi connectivity index (χ4v) is 14.6. The Morgan fingerprint density at radius 1 is 0.581 bits per heavy atom. The molecule has 6 aromatic rings. The Balaban J connectivity index is 0.000000641. The Hall–Kier alpha value is -2.52. The second-order valence-electron chi connectivity index (χ2n) is 13.0. The SMILES string of the molecule is C[C@H]([c-]1cccc1P(c1cccc2ccccc12)c1cccc2ccccc12)P(C(C)(C)C)C(C)(C)C.[Fe+2].c1cc[cH-]c1. The van der Waals surface area contributed by atoms with Crippen molar-refractivity contribution in [1.82, 2.24) is 0 Å². The topological polar surface area (TPSA) is 0 Å². The second kappa shape index (κ2) is 14.1. The van der Waals surface area contributed by atoms with Gasteiger partial charge in [-0.2, -0.15) is 24.3 Å². The van der Waals surface area contributed by atoms with Crippen molar-refractivity contribution in [3.63, 3.8) is 0 Å². The van der Waals surface area contributed by atoms with Gasteiger partial charge in [-0.05, 0) is 56.0 Å². The first-order chi connectivity index (χ1) is 20.1.